The molecule has 1 saturated heterocycles. The molecule has 0 atom stereocenters. The molecule has 1 N–H and O–H groups in total. The predicted octanol–water partition coefficient (Wildman–Crippen LogP) is 3.15. The lowest BCUT2D eigenvalue weighted by molar-refractivity contribution is 0.162. The van der Waals surface area contributed by atoms with Crippen molar-refractivity contribution in [1.29, 1.82) is 0 Å². The van der Waals surface area contributed by atoms with E-state index < -0.39 is 0 Å². The van der Waals surface area contributed by atoms with Gasteiger partial charge >= 0.3 is 0 Å². The Bertz CT molecular complexity index is 293. The summed E-state index contributed by atoms with van der Waals surface area (Å²) in [6.45, 7) is 8.25. The van der Waals surface area contributed by atoms with Crippen LogP contribution in [0.1, 0.15) is 32.3 Å². The van der Waals surface area contributed by atoms with Gasteiger partial charge in [-0.15, -0.1) is 0 Å². The fourth-order valence-electron chi connectivity index (χ4n) is 1.79. The highest BCUT2D eigenvalue weighted by atomic mass is 16.5. The molecule has 1 fully saturated rings. The SMILES string of the molecule is CC.Cc1cccc(OC2CCNCC2)c1. The van der Waals surface area contributed by atoms with E-state index in [1.165, 1.54) is 5.56 Å². The summed E-state index contributed by atoms with van der Waals surface area (Å²) in [7, 11) is 0. The summed E-state index contributed by atoms with van der Waals surface area (Å²) in [6.07, 6.45) is 2.64. The number of hydrogen-bond acceptors (Lipinski definition) is 2. The Hall–Kier alpha value is -1.02. The van der Waals surface area contributed by atoms with Crippen molar-refractivity contribution in [1.82, 2.24) is 5.32 Å². The van der Waals surface area contributed by atoms with E-state index in [1.54, 1.807) is 0 Å². The Morgan fingerprint density at radius 3 is 2.50 bits per heavy atom. The Morgan fingerprint density at radius 1 is 1.19 bits per heavy atom. The van der Waals surface area contributed by atoms with E-state index in [0.29, 0.717) is 6.10 Å². The van der Waals surface area contributed by atoms with Crippen LogP contribution in [-0.4, -0.2) is 19.2 Å². The number of rotatable bonds is 2. The predicted molar refractivity (Wildman–Crippen MR) is 69.0 cm³/mol. The van der Waals surface area contributed by atoms with Gasteiger partial charge in [-0.25, -0.2) is 0 Å². The van der Waals surface area contributed by atoms with E-state index in [2.05, 4.69) is 24.4 Å². The minimum absolute atomic E-state index is 0.401. The number of nitrogens with one attached hydrogen (secondary N) is 1. The minimum atomic E-state index is 0.401. The third-order valence-electron chi connectivity index (χ3n) is 2.58. The van der Waals surface area contributed by atoms with Crippen molar-refractivity contribution in [3.63, 3.8) is 0 Å². The number of ether oxygens (including phenoxy) is 1. The summed E-state index contributed by atoms with van der Waals surface area (Å²) in [5, 5.41) is 3.33. The largest absolute Gasteiger partial charge is 0.490 e. The quantitative estimate of drug-likeness (QED) is 0.828. The molecule has 0 radical (unpaired) electrons. The normalized spacial score (nSPS) is 16.2. The molecule has 0 aliphatic carbocycles. The minimum Gasteiger partial charge on any atom is -0.490 e. The molecule has 2 rings (SSSR count). The van der Waals surface area contributed by atoms with Crippen LogP contribution in [0.2, 0.25) is 0 Å². The Balaban J connectivity index is 0.000000606. The molecular weight excluding hydrogens is 198 g/mol. The van der Waals surface area contributed by atoms with Gasteiger partial charge < -0.3 is 10.1 Å². The summed E-state index contributed by atoms with van der Waals surface area (Å²) in [5.41, 5.74) is 1.26. The first kappa shape index (κ1) is 13.0. The van der Waals surface area contributed by atoms with Crippen molar-refractivity contribution in [3.8, 4) is 5.75 Å². The van der Waals surface area contributed by atoms with E-state index in [9.17, 15) is 0 Å². The van der Waals surface area contributed by atoms with Crippen LogP contribution in [0.15, 0.2) is 24.3 Å². The zero-order valence-electron chi connectivity index (χ0n) is 10.6. The van der Waals surface area contributed by atoms with Crippen LogP contribution in [0.5, 0.6) is 5.75 Å². The van der Waals surface area contributed by atoms with E-state index in [-0.39, 0.29) is 0 Å². The average molecular weight is 221 g/mol. The number of benzene rings is 1. The highest BCUT2D eigenvalue weighted by Gasteiger charge is 2.13. The maximum Gasteiger partial charge on any atom is 0.119 e. The second-order valence-electron chi connectivity index (χ2n) is 3.88. The fourth-order valence-corrected chi connectivity index (χ4v) is 1.79. The molecule has 1 aliphatic rings. The third kappa shape index (κ3) is 4.23. The van der Waals surface area contributed by atoms with Gasteiger partial charge in [0.15, 0.2) is 0 Å². The van der Waals surface area contributed by atoms with E-state index in [1.807, 2.05) is 26.0 Å². The van der Waals surface area contributed by atoms with Crippen molar-refractivity contribution >= 4 is 0 Å². The van der Waals surface area contributed by atoms with Crippen LogP contribution in [0, 0.1) is 6.92 Å². The number of aryl methyl sites for hydroxylation is 1. The summed E-state index contributed by atoms with van der Waals surface area (Å²) in [6, 6.07) is 8.28. The lowest BCUT2D eigenvalue weighted by atomic mass is 10.1. The molecule has 0 unspecified atom stereocenters. The molecule has 16 heavy (non-hydrogen) atoms. The molecule has 0 aromatic heterocycles. The summed E-state index contributed by atoms with van der Waals surface area (Å²) in [5.74, 6) is 1.01. The molecule has 0 spiro atoms. The van der Waals surface area contributed by atoms with Gasteiger partial charge in [-0.05, 0) is 50.6 Å². The zero-order valence-corrected chi connectivity index (χ0v) is 10.6. The first-order valence-electron chi connectivity index (χ1n) is 6.28. The molecule has 1 aromatic carbocycles. The fraction of sp³-hybridized carbons (Fsp3) is 0.571. The molecule has 2 nitrogen and oxygen atoms in total. The average Bonchev–Trinajstić information content (AvgIpc) is 2.33. The number of hydrogen-bond donors (Lipinski definition) is 1. The van der Waals surface area contributed by atoms with Gasteiger partial charge in [0.2, 0.25) is 0 Å². The molecular formula is C14H23NO. The monoisotopic (exact) mass is 221 g/mol. The van der Waals surface area contributed by atoms with Gasteiger partial charge in [0.1, 0.15) is 11.9 Å². The van der Waals surface area contributed by atoms with Gasteiger partial charge in [-0.3, -0.25) is 0 Å². The Labute approximate surface area is 99.0 Å². The van der Waals surface area contributed by atoms with Gasteiger partial charge in [0.05, 0.1) is 0 Å². The van der Waals surface area contributed by atoms with Gasteiger partial charge in [-0.1, -0.05) is 26.0 Å². The third-order valence-corrected chi connectivity index (χ3v) is 2.58. The zero-order chi connectivity index (χ0) is 11.8. The highest BCUT2D eigenvalue weighted by molar-refractivity contribution is 5.27. The Morgan fingerprint density at radius 2 is 1.88 bits per heavy atom. The standard InChI is InChI=1S/C12H17NO.C2H6/c1-10-3-2-4-12(9-10)14-11-5-7-13-8-6-11;1-2/h2-4,9,11,13H,5-8H2,1H3;1-2H3. The molecule has 1 heterocycles. The van der Waals surface area contributed by atoms with E-state index >= 15 is 0 Å². The summed E-state index contributed by atoms with van der Waals surface area (Å²) < 4.78 is 5.90. The van der Waals surface area contributed by atoms with Crippen molar-refractivity contribution in [2.45, 2.75) is 39.7 Å². The van der Waals surface area contributed by atoms with Crippen molar-refractivity contribution in [3.05, 3.63) is 29.8 Å². The van der Waals surface area contributed by atoms with Crippen LogP contribution in [0.3, 0.4) is 0 Å². The van der Waals surface area contributed by atoms with Crippen molar-refractivity contribution in [2.75, 3.05) is 13.1 Å². The van der Waals surface area contributed by atoms with Crippen LogP contribution < -0.4 is 10.1 Å². The highest BCUT2D eigenvalue weighted by Crippen LogP contribution is 2.17. The molecule has 1 aliphatic heterocycles. The smallest absolute Gasteiger partial charge is 0.119 e. The summed E-state index contributed by atoms with van der Waals surface area (Å²) in [4.78, 5) is 0. The second kappa shape index (κ2) is 7.29. The topological polar surface area (TPSA) is 21.3 Å². The van der Waals surface area contributed by atoms with E-state index in [0.717, 1.165) is 31.7 Å². The molecule has 0 amide bonds. The van der Waals surface area contributed by atoms with Gasteiger partial charge in [0, 0.05) is 0 Å². The van der Waals surface area contributed by atoms with E-state index in [4.69, 9.17) is 4.74 Å². The maximum atomic E-state index is 5.90. The van der Waals surface area contributed by atoms with Crippen LogP contribution in [-0.2, 0) is 0 Å². The lowest BCUT2D eigenvalue weighted by Crippen LogP contribution is -2.34. The van der Waals surface area contributed by atoms with Gasteiger partial charge in [0.25, 0.3) is 0 Å². The van der Waals surface area contributed by atoms with Crippen molar-refractivity contribution < 1.29 is 4.74 Å². The molecule has 1 aromatic rings. The second-order valence-corrected chi connectivity index (χ2v) is 3.88. The Kier molecular flexibility index (Phi) is 5.94. The molecule has 0 bridgehead atoms. The first-order valence-corrected chi connectivity index (χ1v) is 6.28. The van der Waals surface area contributed by atoms with Crippen LogP contribution in [0.25, 0.3) is 0 Å². The molecule has 2 heteroatoms. The lowest BCUT2D eigenvalue weighted by Gasteiger charge is -2.23. The number of piperidine rings is 1. The van der Waals surface area contributed by atoms with Crippen LogP contribution >= 0.6 is 0 Å². The van der Waals surface area contributed by atoms with Gasteiger partial charge in [-0.2, -0.15) is 0 Å². The molecule has 90 valence electrons. The summed E-state index contributed by atoms with van der Waals surface area (Å²) >= 11 is 0. The first-order chi connectivity index (χ1) is 7.84. The van der Waals surface area contributed by atoms with Crippen molar-refractivity contribution in [2.24, 2.45) is 0 Å². The molecule has 0 saturated carbocycles. The van der Waals surface area contributed by atoms with Crippen LogP contribution in [0.4, 0.5) is 0 Å². The maximum absolute atomic E-state index is 5.90.